The maximum atomic E-state index is 14.3. The molecule has 3 aromatic rings. The molecule has 4 atom stereocenters. The second-order valence-electron chi connectivity index (χ2n) is 12.8. The van der Waals surface area contributed by atoms with E-state index in [0.29, 0.717) is 17.8 Å². The van der Waals surface area contributed by atoms with Gasteiger partial charge in [-0.3, -0.25) is 4.79 Å². The fourth-order valence-electron chi connectivity index (χ4n) is 7.59. The van der Waals surface area contributed by atoms with Crippen molar-refractivity contribution < 1.29 is 14.3 Å². The van der Waals surface area contributed by atoms with Crippen molar-refractivity contribution in [3.8, 4) is 0 Å². The zero-order valence-corrected chi connectivity index (χ0v) is 25.0. The molecule has 2 aliphatic carbocycles. The molecule has 0 radical (unpaired) electrons. The van der Waals surface area contributed by atoms with Crippen molar-refractivity contribution in [3.05, 3.63) is 87.1 Å². The Balaban J connectivity index is 1.12. The van der Waals surface area contributed by atoms with Crippen LogP contribution in [0.25, 0.3) is 0 Å². The minimum atomic E-state index is -0.635. The van der Waals surface area contributed by atoms with Gasteiger partial charge in [0.15, 0.2) is 0 Å². The number of likely N-dealkylation sites (tertiary alicyclic amines) is 1. The van der Waals surface area contributed by atoms with Gasteiger partial charge in [0.25, 0.3) is 0 Å². The summed E-state index contributed by atoms with van der Waals surface area (Å²) in [7, 11) is 0. The van der Waals surface area contributed by atoms with E-state index in [4.69, 9.17) is 4.98 Å². The fraction of sp³-hybridized carbons (Fsp3) is 0.543. The van der Waals surface area contributed by atoms with Crippen LogP contribution in [0.2, 0.25) is 0 Å². The number of hydrogen-bond acceptors (Lipinski definition) is 4. The van der Waals surface area contributed by atoms with Gasteiger partial charge >= 0.3 is 5.97 Å². The lowest BCUT2D eigenvalue weighted by Crippen LogP contribution is -2.37. The molecule has 1 aliphatic heterocycles. The van der Waals surface area contributed by atoms with Crippen LogP contribution in [-0.2, 0) is 17.6 Å². The number of aliphatic carboxylic acids is 1. The Hall–Kier alpha value is -2.57. The van der Waals surface area contributed by atoms with Crippen LogP contribution in [0.15, 0.2) is 54.6 Å². The summed E-state index contributed by atoms with van der Waals surface area (Å²) in [4.78, 5) is 21.4. The Morgan fingerprint density at radius 2 is 1.85 bits per heavy atom. The van der Waals surface area contributed by atoms with Gasteiger partial charge < -0.3 is 10.0 Å². The summed E-state index contributed by atoms with van der Waals surface area (Å²) in [5, 5.41) is 11.3. The third-order valence-electron chi connectivity index (χ3n) is 9.93. The van der Waals surface area contributed by atoms with Crippen LogP contribution in [0.3, 0.4) is 0 Å². The lowest BCUT2D eigenvalue weighted by molar-refractivity contribution is -0.144. The van der Waals surface area contributed by atoms with Crippen molar-refractivity contribution in [1.82, 2.24) is 9.88 Å². The number of benzene rings is 2. The Kier molecular flexibility index (Phi) is 8.87. The highest BCUT2D eigenvalue weighted by Gasteiger charge is 2.43. The summed E-state index contributed by atoms with van der Waals surface area (Å²) in [6.07, 6.45) is 9.12. The summed E-state index contributed by atoms with van der Waals surface area (Å²) < 4.78 is 14.3. The van der Waals surface area contributed by atoms with Crippen LogP contribution in [0.5, 0.6) is 0 Å². The summed E-state index contributed by atoms with van der Waals surface area (Å²) in [6, 6.07) is 17.7. The van der Waals surface area contributed by atoms with E-state index in [9.17, 15) is 14.3 Å². The van der Waals surface area contributed by atoms with Crippen LogP contribution < -0.4 is 0 Å². The van der Waals surface area contributed by atoms with Crippen molar-refractivity contribution in [2.75, 3.05) is 19.6 Å². The molecule has 0 bridgehead atoms. The molecule has 41 heavy (non-hydrogen) atoms. The molecular formula is C35H43FN2O2S. The number of piperidine rings is 1. The molecule has 6 heteroatoms. The Morgan fingerprint density at radius 3 is 2.54 bits per heavy atom. The molecule has 2 aromatic carbocycles. The number of hydrogen-bond donors (Lipinski definition) is 1. The molecule has 1 aromatic heterocycles. The minimum absolute atomic E-state index is 0.177. The predicted octanol–water partition coefficient (Wildman–Crippen LogP) is 7.93. The molecule has 3 fully saturated rings. The van der Waals surface area contributed by atoms with Gasteiger partial charge in [0, 0.05) is 17.8 Å². The molecular weight excluding hydrogens is 531 g/mol. The highest BCUT2D eigenvalue weighted by Crippen LogP contribution is 2.50. The number of carboxylic acid groups (broad SMARTS) is 1. The van der Waals surface area contributed by atoms with Crippen molar-refractivity contribution in [2.45, 2.75) is 76.5 Å². The standard InChI is InChI=1S/C35H43FN2O2S/c1-2-32-34(41-33(37-32)18-23-7-4-3-5-8-23)25-13-15-38(16-14-25)22-28-19-27(31(35(39)40)17-24-11-12-24)21-30(28)26-9-6-10-29(36)20-26/h3-10,20,24-25,27-28,30-31H,2,11-19,21-22H2,1H3,(H,39,40)/t27?,28?,30?,31-/m0/s1. The van der Waals surface area contributed by atoms with E-state index < -0.39 is 5.97 Å². The first-order valence-corrected chi connectivity index (χ1v) is 16.5. The first-order chi connectivity index (χ1) is 20.0. The van der Waals surface area contributed by atoms with Gasteiger partial charge in [0.1, 0.15) is 5.82 Å². The third-order valence-corrected chi connectivity index (χ3v) is 11.2. The number of halogens is 1. The van der Waals surface area contributed by atoms with Crippen molar-refractivity contribution in [3.63, 3.8) is 0 Å². The molecule has 218 valence electrons. The van der Waals surface area contributed by atoms with Crippen molar-refractivity contribution in [2.24, 2.45) is 23.7 Å². The molecule has 6 rings (SSSR count). The van der Waals surface area contributed by atoms with E-state index in [2.05, 4.69) is 48.2 Å². The zero-order valence-electron chi connectivity index (χ0n) is 24.2. The first kappa shape index (κ1) is 28.5. The Morgan fingerprint density at radius 1 is 1.07 bits per heavy atom. The average Bonchev–Trinajstić information content (AvgIpc) is 3.57. The van der Waals surface area contributed by atoms with Crippen molar-refractivity contribution >= 4 is 17.3 Å². The zero-order chi connectivity index (χ0) is 28.3. The monoisotopic (exact) mass is 574 g/mol. The number of carboxylic acids is 1. The molecule has 4 nitrogen and oxygen atoms in total. The van der Waals surface area contributed by atoms with E-state index in [1.54, 1.807) is 6.07 Å². The number of aromatic nitrogens is 1. The topological polar surface area (TPSA) is 53.4 Å². The molecule has 0 amide bonds. The number of carbonyl (C=O) groups is 1. The Labute approximate surface area is 248 Å². The summed E-state index contributed by atoms with van der Waals surface area (Å²) in [5.41, 5.74) is 3.64. The van der Waals surface area contributed by atoms with Crippen molar-refractivity contribution in [1.29, 1.82) is 0 Å². The lowest BCUT2D eigenvalue weighted by Gasteiger charge is -2.35. The first-order valence-electron chi connectivity index (χ1n) is 15.7. The largest absolute Gasteiger partial charge is 0.481 e. The van der Waals surface area contributed by atoms with Crippen LogP contribution in [0.1, 0.15) is 90.4 Å². The van der Waals surface area contributed by atoms with Gasteiger partial charge in [-0.2, -0.15) is 0 Å². The average molecular weight is 575 g/mol. The quantitative estimate of drug-likeness (QED) is 0.253. The number of rotatable bonds is 11. The minimum Gasteiger partial charge on any atom is -0.481 e. The predicted molar refractivity (Wildman–Crippen MR) is 163 cm³/mol. The molecule has 2 saturated carbocycles. The van der Waals surface area contributed by atoms with Gasteiger partial charge in [-0.15, -0.1) is 11.3 Å². The number of nitrogens with zero attached hydrogens (tertiary/aromatic N) is 2. The normalized spacial score (nSPS) is 24.5. The highest BCUT2D eigenvalue weighted by atomic mass is 32.1. The molecule has 3 aliphatic rings. The Bertz CT molecular complexity index is 1310. The number of thiazole rings is 1. The summed E-state index contributed by atoms with van der Waals surface area (Å²) in [5.74, 6) is 0.831. The molecule has 1 saturated heterocycles. The van der Waals surface area contributed by atoms with E-state index >= 15 is 0 Å². The molecule has 3 unspecified atom stereocenters. The van der Waals surface area contributed by atoms with Gasteiger partial charge in [-0.1, -0.05) is 62.2 Å². The van der Waals surface area contributed by atoms with Gasteiger partial charge in [0.2, 0.25) is 0 Å². The van der Waals surface area contributed by atoms with Gasteiger partial charge in [0.05, 0.1) is 16.6 Å². The fourth-order valence-corrected chi connectivity index (χ4v) is 8.95. The molecule has 0 spiro atoms. The number of aryl methyl sites for hydroxylation is 1. The second-order valence-corrected chi connectivity index (χ2v) is 13.9. The second kappa shape index (κ2) is 12.7. The van der Waals surface area contributed by atoms with E-state index in [0.717, 1.165) is 70.1 Å². The highest BCUT2D eigenvalue weighted by molar-refractivity contribution is 7.11. The maximum Gasteiger partial charge on any atom is 0.306 e. The molecule has 2 heterocycles. The van der Waals surface area contributed by atoms with E-state index in [1.807, 2.05) is 17.4 Å². The third kappa shape index (κ3) is 6.91. The maximum absolute atomic E-state index is 14.3. The summed E-state index contributed by atoms with van der Waals surface area (Å²) in [6.45, 7) is 5.31. The smallest absolute Gasteiger partial charge is 0.306 e. The van der Waals surface area contributed by atoms with Crippen LogP contribution in [-0.4, -0.2) is 40.6 Å². The van der Waals surface area contributed by atoms with Crippen LogP contribution >= 0.6 is 11.3 Å². The SMILES string of the molecule is CCc1nc(Cc2ccccc2)sc1C1CCN(CC2CC([C@H](CC3CC3)C(=O)O)CC2c2cccc(F)c2)CC1. The van der Waals surface area contributed by atoms with E-state index in [-0.39, 0.29) is 23.6 Å². The van der Waals surface area contributed by atoms with Gasteiger partial charge in [-0.25, -0.2) is 9.37 Å². The van der Waals surface area contributed by atoms with Crippen LogP contribution in [0.4, 0.5) is 4.39 Å². The summed E-state index contributed by atoms with van der Waals surface area (Å²) >= 11 is 1.91. The molecule has 1 N–H and O–H groups in total. The lowest BCUT2D eigenvalue weighted by atomic mass is 9.85. The van der Waals surface area contributed by atoms with Crippen LogP contribution in [0, 0.1) is 29.5 Å². The van der Waals surface area contributed by atoms with E-state index in [1.165, 1.54) is 40.1 Å². The van der Waals surface area contributed by atoms with Gasteiger partial charge in [-0.05, 0) is 104 Å².